The van der Waals surface area contributed by atoms with Crippen LogP contribution >= 0.6 is 0 Å². The molecule has 0 spiro atoms. The first-order valence-electron chi connectivity index (χ1n) is 10.0. The summed E-state index contributed by atoms with van der Waals surface area (Å²) in [5.74, 6) is 1.72. The molecule has 2 aromatic carbocycles. The van der Waals surface area contributed by atoms with Crippen molar-refractivity contribution in [1.29, 1.82) is 0 Å². The summed E-state index contributed by atoms with van der Waals surface area (Å²) in [6.45, 7) is 2.84. The van der Waals surface area contributed by atoms with Crippen LogP contribution in [0.3, 0.4) is 0 Å². The van der Waals surface area contributed by atoms with Crippen LogP contribution in [0.4, 0.5) is 5.69 Å². The van der Waals surface area contributed by atoms with Gasteiger partial charge in [0.2, 0.25) is 5.91 Å². The second-order valence-corrected chi connectivity index (χ2v) is 7.14. The number of nitrogens with zero attached hydrogens (tertiary/aromatic N) is 1. The van der Waals surface area contributed by atoms with Crippen LogP contribution in [-0.2, 0) is 4.79 Å². The van der Waals surface area contributed by atoms with E-state index in [2.05, 4.69) is 10.2 Å². The van der Waals surface area contributed by atoms with Crippen LogP contribution in [0.5, 0.6) is 11.5 Å². The molecule has 0 atom stereocenters. The van der Waals surface area contributed by atoms with Crippen molar-refractivity contribution in [3.63, 3.8) is 0 Å². The Hall–Kier alpha value is -3.02. The summed E-state index contributed by atoms with van der Waals surface area (Å²) in [5, 5.41) is 3.03. The topological polar surface area (TPSA) is 67.9 Å². The van der Waals surface area contributed by atoms with Crippen LogP contribution < -0.4 is 19.7 Å². The fourth-order valence-corrected chi connectivity index (χ4v) is 3.47. The number of rotatable bonds is 9. The summed E-state index contributed by atoms with van der Waals surface area (Å²) in [4.78, 5) is 25.4. The van der Waals surface area contributed by atoms with Crippen molar-refractivity contribution in [2.45, 2.75) is 19.3 Å². The van der Waals surface area contributed by atoms with Crippen LogP contribution in [0.1, 0.15) is 29.6 Å². The lowest BCUT2D eigenvalue weighted by atomic mass is 9.95. The maximum Gasteiger partial charge on any atom is 0.223 e. The first-order valence-corrected chi connectivity index (χ1v) is 10.0. The Bertz CT molecular complexity index is 799. The number of amides is 1. The van der Waals surface area contributed by atoms with Gasteiger partial charge in [-0.3, -0.25) is 9.59 Å². The van der Waals surface area contributed by atoms with Gasteiger partial charge in [-0.25, -0.2) is 0 Å². The van der Waals surface area contributed by atoms with Crippen LogP contribution in [-0.4, -0.2) is 45.5 Å². The molecule has 6 nitrogen and oxygen atoms in total. The number of hydrogen-bond acceptors (Lipinski definition) is 5. The number of ether oxygens (including phenoxy) is 2. The minimum atomic E-state index is 0.0554. The number of nitrogens with one attached hydrogen (secondary N) is 1. The van der Waals surface area contributed by atoms with Crippen LogP contribution in [0, 0.1) is 5.92 Å². The molecule has 0 bridgehead atoms. The minimum Gasteiger partial charge on any atom is -0.497 e. The van der Waals surface area contributed by atoms with Crippen molar-refractivity contribution < 1.29 is 19.1 Å². The molecule has 3 rings (SSSR count). The molecule has 1 aliphatic heterocycles. The van der Waals surface area contributed by atoms with E-state index in [0.29, 0.717) is 18.7 Å². The predicted molar refractivity (Wildman–Crippen MR) is 113 cm³/mol. The van der Waals surface area contributed by atoms with Gasteiger partial charge in [0.15, 0.2) is 0 Å². The molecule has 0 radical (unpaired) electrons. The number of benzene rings is 2. The molecular formula is C23H28N2O4. The molecule has 1 amide bonds. The molecule has 1 aliphatic rings. The van der Waals surface area contributed by atoms with Crippen molar-refractivity contribution in [1.82, 2.24) is 5.32 Å². The average Bonchev–Trinajstić information content (AvgIpc) is 2.79. The van der Waals surface area contributed by atoms with E-state index in [1.54, 1.807) is 7.11 Å². The van der Waals surface area contributed by atoms with Gasteiger partial charge in [0.1, 0.15) is 17.8 Å². The number of methoxy groups -OCH3 is 1. The van der Waals surface area contributed by atoms with Crippen molar-refractivity contribution in [3.05, 3.63) is 54.1 Å². The standard InChI is InChI=1S/C23H28N2O4/c1-28-21-4-2-5-22(16-21)29-15-3-12-24-23(27)19-10-13-25(14-11-19)20-8-6-18(17-26)7-9-20/h2,4-9,16-17,19H,3,10-15H2,1H3,(H,24,27). The molecule has 0 unspecified atom stereocenters. The van der Waals surface area contributed by atoms with Crippen molar-refractivity contribution in [2.24, 2.45) is 5.92 Å². The molecular weight excluding hydrogens is 368 g/mol. The van der Waals surface area contributed by atoms with Crippen molar-refractivity contribution >= 4 is 17.9 Å². The Labute approximate surface area is 171 Å². The number of hydrogen-bond donors (Lipinski definition) is 1. The summed E-state index contributed by atoms with van der Waals surface area (Å²) in [6, 6.07) is 15.1. The summed E-state index contributed by atoms with van der Waals surface area (Å²) in [5.41, 5.74) is 1.78. The van der Waals surface area contributed by atoms with Crippen LogP contribution in [0.2, 0.25) is 0 Å². The second-order valence-electron chi connectivity index (χ2n) is 7.14. The second kappa shape index (κ2) is 10.5. The monoisotopic (exact) mass is 396 g/mol. The number of carbonyl (C=O) groups is 2. The Kier molecular flexibility index (Phi) is 7.50. The smallest absolute Gasteiger partial charge is 0.223 e. The zero-order chi connectivity index (χ0) is 20.5. The number of piperidine rings is 1. The van der Waals surface area contributed by atoms with Gasteiger partial charge in [0.25, 0.3) is 0 Å². The lowest BCUT2D eigenvalue weighted by molar-refractivity contribution is -0.125. The van der Waals surface area contributed by atoms with Gasteiger partial charge in [-0.1, -0.05) is 6.07 Å². The van der Waals surface area contributed by atoms with E-state index in [1.807, 2.05) is 48.5 Å². The van der Waals surface area contributed by atoms with Gasteiger partial charge in [0, 0.05) is 42.9 Å². The molecule has 0 aromatic heterocycles. The molecule has 29 heavy (non-hydrogen) atoms. The summed E-state index contributed by atoms with van der Waals surface area (Å²) in [6.07, 6.45) is 3.27. The van der Waals surface area contributed by atoms with E-state index < -0.39 is 0 Å². The average molecular weight is 396 g/mol. The van der Waals surface area contributed by atoms with Gasteiger partial charge in [0.05, 0.1) is 13.7 Å². The Balaban J connectivity index is 1.33. The van der Waals surface area contributed by atoms with Crippen LogP contribution in [0.25, 0.3) is 0 Å². The lowest BCUT2D eigenvalue weighted by Crippen LogP contribution is -2.41. The molecule has 154 valence electrons. The first kappa shape index (κ1) is 20.7. The molecule has 1 N–H and O–H groups in total. The summed E-state index contributed by atoms with van der Waals surface area (Å²) >= 11 is 0. The molecule has 1 fully saturated rings. The van der Waals surface area contributed by atoms with Gasteiger partial charge >= 0.3 is 0 Å². The van der Waals surface area contributed by atoms with Gasteiger partial charge in [-0.15, -0.1) is 0 Å². The van der Waals surface area contributed by atoms with E-state index in [9.17, 15) is 9.59 Å². The molecule has 0 saturated carbocycles. The van der Waals surface area contributed by atoms with Crippen molar-refractivity contribution in [2.75, 3.05) is 38.3 Å². The third kappa shape index (κ3) is 5.98. The highest BCUT2D eigenvalue weighted by molar-refractivity contribution is 5.79. The van der Waals surface area contributed by atoms with Gasteiger partial charge in [-0.05, 0) is 55.7 Å². The zero-order valence-corrected chi connectivity index (χ0v) is 16.8. The number of carbonyl (C=O) groups excluding carboxylic acids is 2. The maximum atomic E-state index is 12.4. The van der Waals surface area contributed by atoms with Gasteiger partial charge < -0.3 is 19.7 Å². The highest BCUT2D eigenvalue weighted by atomic mass is 16.5. The quantitative estimate of drug-likeness (QED) is 0.520. The predicted octanol–water partition coefficient (Wildman–Crippen LogP) is 3.31. The fourth-order valence-electron chi connectivity index (χ4n) is 3.47. The molecule has 6 heteroatoms. The van der Waals surface area contributed by atoms with E-state index in [1.165, 1.54) is 0 Å². The third-order valence-corrected chi connectivity index (χ3v) is 5.19. The van der Waals surface area contributed by atoms with E-state index >= 15 is 0 Å². The Morgan fingerprint density at radius 3 is 2.55 bits per heavy atom. The number of aldehydes is 1. The first-order chi connectivity index (χ1) is 14.2. The fraction of sp³-hybridized carbons (Fsp3) is 0.391. The lowest BCUT2D eigenvalue weighted by Gasteiger charge is -2.33. The highest BCUT2D eigenvalue weighted by Crippen LogP contribution is 2.23. The summed E-state index contributed by atoms with van der Waals surface area (Å²) < 4.78 is 10.9. The Morgan fingerprint density at radius 1 is 1.14 bits per heavy atom. The maximum absolute atomic E-state index is 12.4. The number of anilines is 1. The van der Waals surface area contributed by atoms with E-state index in [0.717, 1.165) is 55.8 Å². The van der Waals surface area contributed by atoms with Crippen LogP contribution in [0.15, 0.2) is 48.5 Å². The summed E-state index contributed by atoms with van der Waals surface area (Å²) in [7, 11) is 1.63. The highest BCUT2D eigenvalue weighted by Gasteiger charge is 2.24. The SMILES string of the molecule is COc1cccc(OCCCNC(=O)C2CCN(c3ccc(C=O)cc3)CC2)c1. The third-order valence-electron chi connectivity index (χ3n) is 5.19. The largest absolute Gasteiger partial charge is 0.497 e. The van der Waals surface area contributed by atoms with Gasteiger partial charge in [-0.2, -0.15) is 0 Å². The van der Waals surface area contributed by atoms with Crippen molar-refractivity contribution in [3.8, 4) is 11.5 Å². The normalized spacial score (nSPS) is 14.3. The van der Waals surface area contributed by atoms with E-state index in [4.69, 9.17) is 9.47 Å². The van der Waals surface area contributed by atoms with E-state index in [-0.39, 0.29) is 11.8 Å². The molecule has 2 aromatic rings. The zero-order valence-electron chi connectivity index (χ0n) is 16.8. The Morgan fingerprint density at radius 2 is 1.86 bits per heavy atom. The molecule has 1 heterocycles. The molecule has 0 aliphatic carbocycles. The minimum absolute atomic E-state index is 0.0554. The molecule has 1 saturated heterocycles.